The molecule has 2 heteroatoms. The lowest BCUT2D eigenvalue weighted by Gasteiger charge is -2.36. The van der Waals surface area contributed by atoms with Crippen LogP contribution in [0.2, 0.25) is 18.1 Å². The topological polar surface area (TPSA) is 9.23 Å². The smallest absolute Gasteiger partial charge is 0.191 e. The summed E-state index contributed by atoms with van der Waals surface area (Å²) in [5.41, 5.74) is 0. The van der Waals surface area contributed by atoms with Gasteiger partial charge in [-0.05, 0) is 43.8 Å². The molecule has 0 heterocycles. The van der Waals surface area contributed by atoms with Crippen molar-refractivity contribution in [1.82, 2.24) is 0 Å². The maximum Gasteiger partial charge on any atom is 0.191 e. The fraction of sp³-hybridized carbons (Fsp3) is 0.579. The van der Waals surface area contributed by atoms with Crippen molar-refractivity contribution in [2.24, 2.45) is 0 Å². The van der Waals surface area contributed by atoms with E-state index < -0.39 is 8.32 Å². The van der Waals surface area contributed by atoms with Crippen LogP contribution in [0.5, 0.6) is 0 Å². The normalized spacial score (nSPS) is 13.8. The SMILES string of the molecule is C=CCC/C=C/C=C/C=C/CCCO[Si](C)(C)C(C)(C)C. The highest BCUT2D eigenvalue weighted by Gasteiger charge is 2.36. The van der Waals surface area contributed by atoms with Crippen LogP contribution >= 0.6 is 0 Å². The monoisotopic (exact) mass is 306 g/mol. The minimum Gasteiger partial charge on any atom is -0.417 e. The molecule has 0 aromatic carbocycles. The molecule has 0 fully saturated rings. The first-order valence-electron chi connectivity index (χ1n) is 8.04. The Morgan fingerprint density at radius 1 is 0.905 bits per heavy atom. The molecule has 0 saturated heterocycles. The summed E-state index contributed by atoms with van der Waals surface area (Å²) in [5.74, 6) is 0. The van der Waals surface area contributed by atoms with Crippen LogP contribution in [0.1, 0.15) is 46.5 Å². The molecule has 0 spiro atoms. The second kappa shape index (κ2) is 10.8. The average molecular weight is 307 g/mol. The van der Waals surface area contributed by atoms with Gasteiger partial charge in [0, 0.05) is 6.61 Å². The molecule has 0 aliphatic rings. The van der Waals surface area contributed by atoms with Crippen LogP contribution < -0.4 is 0 Å². The van der Waals surface area contributed by atoms with E-state index in [0.29, 0.717) is 5.04 Å². The van der Waals surface area contributed by atoms with Gasteiger partial charge in [0.25, 0.3) is 0 Å². The molecule has 0 rings (SSSR count). The summed E-state index contributed by atoms with van der Waals surface area (Å²) in [6.45, 7) is 16.1. The summed E-state index contributed by atoms with van der Waals surface area (Å²) in [4.78, 5) is 0. The molecule has 0 bridgehead atoms. The van der Waals surface area contributed by atoms with Gasteiger partial charge < -0.3 is 4.43 Å². The van der Waals surface area contributed by atoms with Crippen LogP contribution in [0.3, 0.4) is 0 Å². The summed E-state index contributed by atoms with van der Waals surface area (Å²) < 4.78 is 6.14. The molecule has 21 heavy (non-hydrogen) atoms. The molecular formula is C19H34OSi. The lowest BCUT2D eigenvalue weighted by Crippen LogP contribution is -2.40. The van der Waals surface area contributed by atoms with Crippen LogP contribution in [-0.2, 0) is 4.43 Å². The third-order valence-corrected chi connectivity index (χ3v) is 8.47. The van der Waals surface area contributed by atoms with Gasteiger partial charge in [-0.2, -0.15) is 0 Å². The molecule has 0 N–H and O–H groups in total. The van der Waals surface area contributed by atoms with E-state index in [0.717, 1.165) is 32.3 Å². The molecular weight excluding hydrogens is 272 g/mol. The van der Waals surface area contributed by atoms with Crippen molar-refractivity contribution in [1.29, 1.82) is 0 Å². The Balaban J connectivity index is 3.72. The van der Waals surface area contributed by atoms with Crippen molar-refractivity contribution in [3.63, 3.8) is 0 Å². The van der Waals surface area contributed by atoms with Gasteiger partial charge in [0.15, 0.2) is 8.32 Å². The molecule has 0 atom stereocenters. The largest absolute Gasteiger partial charge is 0.417 e. The molecule has 0 unspecified atom stereocenters. The van der Waals surface area contributed by atoms with Crippen LogP contribution in [0.15, 0.2) is 49.1 Å². The van der Waals surface area contributed by atoms with Gasteiger partial charge in [-0.25, -0.2) is 0 Å². The predicted octanol–water partition coefficient (Wildman–Crippen LogP) is 6.42. The molecule has 0 amide bonds. The minimum absolute atomic E-state index is 0.309. The molecule has 0 aromatic rings. The Labute approximate surface area is 133 Å². The Morgan fingerprint density at radius 3 is 2.00 bits per heavy atom. The zero-order valence-corrected chi connectivity index (χ0v) is 15.7. The summed E-state index contributed by atoms with van der Waals surface area (Å²) in [7, 11) is -1.56. The summed E-state index contributed by atoms with van der Waals surface area (Å²) in [6, 6.07) is 0. The maximum absolute atomic E-state index is 6.14. The number of allylic oxidation sites excluding steroid dienone is 7. The van der Waals surface area contributed by atoms with Gasteiger partial charge in [0.05, 0.1) is 0 Å². The Kier molecular flexibility index (Phi) is 10.4. The molecule has 1 nitrogen and oxygen atoms in total. The van der Waals surface area contributed by atoms with E-state index in [2.05, 4.69) is 76.9 Å². The number of hydrogen-bond donors (Lipinski definition) is 0. The van der Waals surface area contributed by atoms with E-state index in [9.17, 15) is 0 Å². The van der Waals surface area contributed by atoms with E-state index >= 15 is 0 Å². The van der Waals surface area contributed by atoms with Gasteiger partial charge in [-0.3, -0.25) is 0 Å². The van der Waals surface area contributed by atoms with Crippen LogP contribution in [0, 0.1) is 0 Å². The van der Waals surface area contributed by atoms with Crippen LogP contribution in [0.4, 0.5) is 0 Å². The fourth-order valence-electron chi connectivity index (χ4n) is 1.44. The fourth-order valence-corrected chi connectivity index (χ4v) is 2.52. The van der Waals surface area contributed by atoms with Crippen LogP contribution in [0.25, 0.3) is 0 Å². The second-order valence-electron chi connectivity index (χ2n) is 6.86. The van der Waals surface area contributed by atoms with Crippen molar-refractivity contribution in [2.45, 2.75) is 64.6 Å². The molecule has 0 aliphatic heterocycles. The number of rotatable bonds is 10. The quantitative estimate of drug-likeness (QED) is 0.196. The number of unbranched alkanes of at least 4 members (excludes halogenated alkanes) is 2. The Bertz CT molecular complexity index is 356. The predicted molar refractivity (Wildman–Crippen MR) is 99.2 cm³/mol. The third kappa shape index (κ3) is 10.5. The summed E-state index contributed by atoms with van der Waals surface area (Å²) in [6.07, 6.45) is 19.0. The van der Waals surface area contributed by atoms with Gasteiger partial charge in [0.2, 0.25) is 0 Å². The van der Waals surface area contributed by atoms with Gasteiger partial charge in [0.1, 0.15) is 0 Å². The van der Waals surface area contributed by atoms with Crippen molar-refractivity contribution < 1.29 is 4.43 Å². The Morgan fingerprint density at radius 2 is 1.48 bits per heavy atom. The highest BCUT2D eigenvalue weighted by atomic mass is 28.4. The van der Waals surface area contributed by atoms with Crippen molar-refractivity contribution in [2.75, 3.05) is 6.61 Å². The molecule has 0 radical (unpaired) electrons. The zero-order chi connectivity index (χ0) is 16.2. The Hall–Kier alpha value is -0.863. The van der Waals surface area contributed by atoms with Gasteiger partial charge >= 0.3 is 0 Å². The molecule has 0 saturated carbocycles. The lowest BCUT2D eigenvalue weighted by atomic mass is 10.2. The van der Waals surface area contributed by atoms with Crippen molar-refractivity contribution in [3.05, 3.63) is 49.1 Å². The van der Waals surface area contributed by atoms with E-state index in [1.54, 1.807) is 0 Å². The first-order valence-corrected chi connectivity index (χ1v) is 11.0. The molecule has 0 aromatic heterocycles. The highest BCUT2D eigenvalue weighted by molar-refractivity contribution is 6.74. The third-order valence-electron chi connectivity index (χ3n) is 3.93. The van der Waals surface area contributed by atoms with Crippen molar-refractivity contribution in [3.8, 4) is 0 Å². The summed E-state index contributed by atoms with van der Waals surface area (Å²) >= 11 is 0. The van der Waals surface area contributed by atoms with E-state index in [1.807, 2.05) is 6.08 Å². The van der Waals surface area contributed by atoms with Crippen molar-refractivity contribution >= 4 is 8.32 Å². The second-order valence-corrected chi connectivity index (χ2v) is 11.7. The molecule has 120 valence electrons. The van der Waals surface area contributed by atoms with E-state index in [1.165, 1.54) is 0 Å². The minimum atomic E-state index is -1.56. The first kappa shape index (κ1) is 20.1. The highest BCUT2D eigenvalue weighted by Crippen LogP contribution is 2.36. The average Bonchev–Trinajstić information content (AvgIpc) is 2.38. The maximum atomic E-state index is 6.14. The lowest BCUT2D eigenvalue weighted by molar-refractivity contribution is 0.283. The van der Waals surface area contributed by atoms with Crippen LogP contribution in [-0.4, -0.2) is 14.9 Å². The van der Waals surface area contributed by atoms with E-state index in [-0.39, 0.29) is 0 Å². The molecule has 0 aliphatic carbocycles. The van der Waals surface area contributed by atoms with Gasteiger partial charge in [-0.1, -0.05) is 63.3 Å². The van der Waals surface area contributed by atoms with E-state index in [4.69, 9.17) is 4.43 Å². The first-order chi connectivity index (χ1) is 9.81. The zero-order valence-electron chi connectivity index (χ0n) is 14.7. The standard InChI is InChI=1S/C19H34OSi/c1-7-8-9-10-11-12-13-14-15-16-17-18-20-21(5,6)19(2,3)4/h7,10-15H,1,8-9,16-18H2,2-6H3/b11-10+,13-12+,15-14+. The number of hydrogen-bond acceptors (Lipinski definition) is 1. The summed E-state index contributed by atoms with van der Waals surface area (Å²) in [5, 5.41) is 0.309. The van der Waals surface area contributed by atoms with Gasteiger partial charge in [-0.15, -0.1) is 6.58 Å².